The van der Waals surface area contributed by atoms with Crippen LogP contribution >= 0.6 is 0 Å². The average Bonchev–Trinajstić information content (AvgIpc) is 3.27. The maximum absolute atomic E-state index is 3.81. The second kappa shape index (κ2) is 7.00. The molecule has 5 aliphatic rings. The molecule has 0 aromatic carbocycles. The van der Waals surface area contributed by atoms with Gasteiger partial charge >= 0.3 is 0 Å². The first-order valence-corrected chi connectivity index (χ1v) is 13.1. The van der Waals surface area contributed by atoms with E-state index in [1.807, 2.05) is 0 Å². The van der Waals surface area contributed by atoms with Crippen molar-refractivity contribution in [3.8, 4) is 0 Å². The zero-order valence-electron chi connectivity index (χ0n) is 19.5. The molecule has 4 aliphatic carbocycles. The third-order valence-electron chi connectivity index (χ3n) is 11.3. The molecule has 4 saturated carbocycles. The van der Waals surface area contributed by atoms with Crippen LogP contribution < -0.4 is 5.32 Å². The fourth-order valence-corrected chi connectivity index (χ4v) is 9.70. The standard InChI is InChI=1S/C27H47N/c1-17(2)7-6-8-18(3)21-11-12-22-20-10-9-19-15-24-25(28-24)16-27(19,5)23(20)13-14-26(21,22)4/h17-25,28H,6-16H2,1-5H3. The molecule has 5 fully saturated rings. The molecule has 1 saturated heterocycles. The number of nitrogens with one attached hydrogen (secondary N) is 1. The van der Waals surface area contributed by atoms with Crippen LogP contribution in [0.15, 0.2) is 0 Å². The highest BCUT2D eigenvalue weighted by Gasteiger charge is 2.63. The lowest BCUT2D eigenvalue weighted by atomic mass is 9.44. The predicted octanol–water partition coefficient (Wildman–Crippen LogP) is 7.06. The first-order chi connectivity index (χ1) is 13.3. The van der Waals surface area contributed by atoms with Crippen LogP contribution in [0, 0.1) is 52.3 Å². The van der Waals surface area contributed by atoms with Crippen LogP contribution in [0.4, 0.5) is 0 Å². The molecule has 1 heteroatoms. The topological polar surface area (TPSA) is 21.9 Å². The fraction of sp³-hybridized carbons (Fsp3) is 1.00. The van der Waals surface area contributed by atoms with Crippen molar-refractivity contribution < 1.29 is 0 Å². The largest absolute Gasteiger partial charge is 0.308 e. The molecular formula is C27H47N. The Balaban J connectivity index is 1.30. The Bertz CT molecular complexity index is 583. The molecule has 0 aromatic rings. The van der Waals surface area contributed by atoms with E-state index in [4.69, 9.17) is 0 Å². The van der Waals surface area contributed by atoms with E-state index in [-0.39, 0.29) is 0 Å². The van der Waals surface area contributed by atoms with E-state index in [1.54, 1.807) is 38.5 Å². The Morgan fingerprint density at radius 3 is 2.43 bits per heavy atom. The quantitative estimate of drug-likeness (QED) is 0.503. The van der Waals surface area contributed by atoms with E-state index in [2.05, 4.69) is 39.9 Å². The second-order valence-corrected chi connectivity index (χ2v) is 13.0. The first kappa shape index (κ1) is 19.9. The molecule has 28 heavy (non-hydrogen) atoms. The maximum Gasteiger partial charge on any atom is 0.0230 e. The lowest BCUT2D eigenvalue weighted by Gasteiger charge is -2.60. The predicted molar refractivity (Wildman–Crippen MR) is 119 cm³/mol. The molecule has 10 atom stereocenters. The molecule has 1 aliphatic heterocycles. The molecule has 1 heterocycles. The van der Waals surface area contributed by atoms with Gasteiger partial charge in [-0.2, -0.15) is 0 Å². The Morgan fingerprint density at radius 1 is 0.857 bits per heavy atom. The molecule has 0 bridgehead atoms. The Labute approximate surface area is 175 Å². The van der Waals surface area contributed by atoms with Gasteiger partial charge in [0.2, 0.25) is 0 Å². The van der Waals surface area contributed by atoms with Gasteiger partial charge in [0.25, 0.3) is 0 Å². The van der Waals surface area contributed by atoms with Gasteiger partial charge < -0.3 is 5.32 Å². The zero-order chi connectivity index (χ0) is 19.7. The minimum absolute atomic E-state index is 0.663. The van der Waals surface area contributed by atoms with Gasteiger partial charge in [0.15, 0.2) is 0 Å². The van der Waals surface area contributed by atoms with Crippen molar-refractivity contribution in [1.29, 1.82) is 0 Å². The third-order valence-corrected chi connectivity index (χ3v) is 11.3. The average molecular weight is 386 g/mol. The van der Waals surface area contributed by atoms with Crippen molar-refractivity contribution in [3.05, 3.63) is 0 Å². The third kappa shape index (κ3) is 3.04. The van der Waals surface area contributed by atoms with Crippen molar-refractivity contribution in [1.82, 2.24) is 5.32 Å². The molecule has 5 rings (SSSR count). The van der Waals surface area contributed by atoms with E-state index in [0.717, 1.165) is 53.5 Å². The van der Waals surface area contributed by atoms with Crippen molar-refractivity contribution in [3.63, 3.8) is 0 Å². The summed E-state index contributed by atoms with van der Waals surface area (Å²) in [6.07, 6.45) is 16.7. The SMILES string of the molecule is CC(C)CCCC(C)C1CCC2C3CCC4CC5NC5CC4(C)C3CCC12C. The Morgan fingerprint density at radius 2 is 1.64 bits per heavy atom. The van der Waals surface area contributed by atoms with Gasteiger partial charge in [-0.05, 0) is 104 Å². The van der Waals surface area contributed by atoms with Crippen LogP contribution in [0.2, 0.25) is 0 Å². The molecule has 0 aromatic heterocycles. The second-order valence-electron chi connectivity index (χ2n) is 13.0. The van der Waals surface area contributed by atoms with Gasteiger partial charge in [-0.25, -0.2) is 0 Å². The monoisotopic (exact) mass is 385 g/mol. The highest BCUT2D eigenvalue weighted by molar-refractivity contribution is 5.15. The number of fused-ring (bicyclic) bond motifs is 6. The smallest absolute Gasteiger partial charge is 0.0230 e. The van der Waals surface area contributed by atoms with E-state index >= 15 is 0 Å². The fourth-order valence-electron chi connectivity index (χ4n) is 9.70. The van der Waals surface area contributed by atoms with Crippen molar-refractivity contribution in [2.45, 2.75) is 117 Å². The summed E-state index contributed by atoms with van der Waals surface area (Å²) in [6.45, 7) is 12.9. The maximum atomic E-state index is 3.81. The molecule has 160 valence electrons. The highest BCUT2D eigenvalue weighted by atomic mass is 15.2. The van der Waals surface area contributed by atoms with E-state index < -0.39 is 0 Å². The highest BCUT2D eigenvalue weighted by Crippen LogP contribution is 2.69. The van der Waals surface area contributed by atoms with Gasteiger partial charge in [0, 0.05) is 12.1 Å². The van der Waals surface area contributed by atoms with Crippen LogP contribution in [0.25, 0.3) is 0 Å². The molecule has 0 amide bonds. The Hall–Kier alpha value is -0.0400. The summed E-state index contributed by atoms with van der Waals surface area (Å²) in [6, 6.07) is 1.80. The number of hydrogen-bond donors (Lipinski definition) is 1. The summed E-state index contributed by atoms with van der Waals surface area (Å²) < 4.78 is 0. The lowest BCUT2D eigenvalue weighted by Crippen LogP contribution is -2.54. The normalized spacial score (nSPS) is 53.1. The van der Waals surface area contributed by atoms with Crippen LogP contribution in [0.1, 0.15) is 105 Å². The summed E-state index contributed by atoms with van der Waals surface area (Å²) in [5.74, 6) is 7.01. The van der Waals surface area contributed by atoms with Gasteiger partial charge in [-0.15, -0.1) is 0 Å². The van der Waals surface area contributed by atoms with Gasteiger partial charge in [-0.1, -0.05) is 53.9 Å². The Kier molecular flexibility index (Phi) is 4.97. The number of hydrogen-bond acceptors (Lipinski definition) is 1. The van der Waals surface area contributed by atoms with Gasteiger partial charge in [0.05, 0.1) is 0 Å². The minimum Gasteiger partial charge on any atom is -0.308 e. The first-order valence-electron chi connectivity index (χ1n) is 13.1. The summed E-state index contributed by atoms with van der Waals surface area (Å²) in [7, 11) is 0. The van der Waals surface area contributed by atoms with Gasteiger partial charge in [-0.3, -0.25) is 0 Å². The summed E-state index contributed by atoms with van der Waals surface area (Å²) in [5, 5.41) is 3.81. The molecule has 0 spiro atoms. The van der Waals surface area contributed by atoms with E-state index in [1.165, 1.54) is 32.1 Å². The molecule has 1 N–H and O–H groups in total. The van der Waals surface area contributed by atoms with E-state index in [0.29, 0.717) is 10.8 Å². The van der Waals surface area contributed by atoms with Crippen molar-refractivity contribution >= 4 is 0 Å². The van der Waals surface area contributed by atoms with Crippen molar-refractivity contribution in [2.24, 2.45) is 52.3 Å². The summed E-state index contributed by atoms with van der Waals surface area (Å²) in [4.78, 5) is 0. The van der Waals surface area contributed by atoms with E-state index in [9.17, 15) is 0 Å². The minimum atomic E-state index is 0.663. The lowest BCUT2D eigenvalue weighted by molar-refractivity contribution is -0.110. The molecule has 10 unspecified atom stereocenters. The van der Waals surface area contributed by atoms with Crippen LogP contribution in [0.3, 0.4) is 0 Å². The van der Waals surface area contributed by atoms with Crippen LogP contribution in [-0.2, 0) is 0 Å². The summed E-state index contributed by atoms with van der Waals surface area (Å²) >= 11 is 0. The summed E-state index contributed by atoms with van der Waals surface area (Å²) in [5.41, 5.74) is 1.33. The molecule has 1 nitrogen and oxygen atoms in total. The zero-order valence-corrected chi connectivity index (χ0v) is 19.5. The molecule has 0 radical (unpaired) electrons. The number of rotatable bonds is 5. The van der Waals surface area contributed by atoms with Crippen molar-refractivity contribution in [2.75, 3.05) is 0 Å². The molecular weight excluding hydrogens is 338 g/mol. The van der Waals surface area contributed by atoms with Crippen LogP contribution in [-0.4, -0.2) is 12.1 Å². The van der Waals surface area contributed by atoms with Crippen LogP contribution in [0.5, 0.6) is 0 Å². The van der Waals surface area contributed by atoms with Gasteiger partial charge in [0.1, 0.15) is 0 Å².